The van der Waals surface area contributed by atoms with E-state index in [0.29, 0.717) is 5.56 Å². The number of hydrogen-bond donors (Lipinski definition) is 1. The average Bonchev–Trinajstić information content (AvgIpc) is 2.53. The Labute approximate surface area is 123 Å². The van der Waals surface area contributed by atoms with Crippen molar-refractivity contribution < 1.29 is 27.9 Å². The van der Waals surface area contributed by atoms with Crippen LogP contribution in [0.1, 0.15) is 17.3 Å². The second kappa shape index (κ2) is 6.85. The van der Waals surface area contributed by atoms with Crippen molar-refractivity contribution in [3.8, 4) is 0 Å². The van der Waals surface area contributed by atoms with E-state index in [-0.39, 0.29) is 0 Å². The number of rotatable bonds is 6. The first-order valence-corrected chi connectivity index (χ1v) is 7.56. The maximum absolute atomic E-state index is 12.6. The van der Waals surface area contributed by atoms with E-state index in [9.17, 15) is 14.2 Å². The fourth-order valence-electron chi connectivity index (χ4n) is 1.75. The van der Waals surface area contributed by atoms with Crippen LogP contribution in [0.15, 0.2) is 30.3 Å². The van der Waals surface area contributed by atoms with E-state index in [1.165, 1.54) is 6.92 Å². The Bertz CT molecular complexity index is 553. The van der Waals surface area contributed by atoms with Crippen LogP contribution < -0.4 is 5.32 Å². The Morgan fingerprint density at radius 2 is 1.62 bits per heavy atom. The molecule has 1 rings (SSSR count). The first-order valence-electron chi connectivity index (χ1n) is 6.02. The van der Waals surface area contributed by atoms with E-state index in [1.807, 2.05) is 0 Å². The lowest BCUT2D eigenvalue weighted by Crippen LogP contribution is -2.53. The number of amides is 1. The molecule has 116 valence electrons. The molecule has 0 saturated carbocycles. The summed E-state index contributed by atoms with van der Waals surface area (Å²) in [6.45, 7) is 1.23. The number of carbonyl (C=O) groups is 2. The second-order valence-electron chi connectivity index (χ2n) is 4.25. The van der Waals surface area contributed by atoms with Crippen molar-refractivity contribution in [3.05, 3.63) is 35.9 Å². The van der Waals surface area contributed by atoms with Gasteiger partial charge in [-0.1, -0.05) is 18.2 Å². The third-order valence-electron chi connectivity index (χ3n) is 3.00. The summed E-state index contributed by atoms with van der Waals surface area (Å²) in [5, 5.41) is 0.416. The van der Waals surface area contributed by atoms with Crippen LogP contribution in [0, 0.1) is 0 Å². The number of esters is 1. The van der Waals surface area contributed by atoms with Crippen molar-refractivity contribution in [1.82, 2.24) is 5.32 Å². The number of ether oxygens (including phenoxy) is 1. The lowest BCUT2D eigenvalue weighted by atomic mass is 10.2. The zero-order valence-electron chi connectivity index (χ0n) is 12.3. The Morgan fingerprint density at radius 1 is 1.10 bits per heavy atom. The van der Waals surface area contributed by atoms with Gasteiger partial charge in [0.25, 0.3) is 5.91 Å². The molecule has 8 heteroatoms. The number of carbonyl (C=O) groups excluding carboxylic acids is 2. The van der Waals surface area contributed by atoms with Gasteiger partial charge >= 0.3 is 13.6 Å². The highest BCUT2D eigenvalue weighted by Crippen LogP contribution is 2.57. The number of hydrogen-bond acceptors (Lipinski definition) is 6. The molecule has 0 fully saturated rings. The molecule has 0 radical (unpaired) electrons. The predicted octanol–water partition coefficient (Wildman–Crippen LogP) is 1.79. The van der Waals surface area contributed by atoms with Crippen molar-refractivity contribution >= 4 is 19.5 Å². The van der Waals surface area contributed by atoms with Gasteiger partial charge in [0.1, 0.15) is 0 Å². The molecule has 1 atom stereocenters. The first kappa shape index (κ1) is 17.4. The third kappa shape index (κ3) is 3.32. The quantitative estimate of drug-likeness (QED) is 0.636. The van der Waals surface area contributed by atoms with E-state index < -0.39 is 24.8 Å². The van der Waals surface area contributed by atoms with Gasteiger partial charge in [-0.05, 0) is 19.1 Å². The van der Waals surface area contributed by atoms with Gasteiger partial charge in [-0.3, -0.25) is 9.36 Å². The summed E-state index contributed by atoms with van der Waals surface area (Å²) >= 11 is 0. The van der Waals surface area contributed by atoms with Crippen LogP contribution in [-0.4, -0.2) is 38.5 Å². The summed E-state index contributed by atoms with van der Waals surface area (Å²) in [7, 11) is -0.590. The number of nitrogens with one attached hydrogen (secondary N) is 1. The van der Waals surface area contributed by atoms with Gasteiger partial charge in [0.2, 0.25) is 5.28 Å². The zero-order valence-corrected chi connectivity index (χ0v) is 13.2. The van der Waals surface area contributed by atoms with Crippen molar-refractivity contribution in [2.24, 2.45) is 0 Å². The van der Waals surface area contributed by atoms with Gasteiger partial charge in [0.05, 0.1) is 7.11 Å². The lowest BCUT2D eigenvalue weighted by Gasteiger charge is -2.32. The lowest BCUT2D eigenvalue weighted by molar-refractivity contribution is -0.144. The van der Waals surface area contributed by atoms with Crippen molar-refractivity contribution in [3.63, 3.8) is 0 Å². The van der Waals surface area contributed by atoms with Gasteiger partial charge < -0.3 is 19.1 Å². The maximum atomic E-state index is 12.6. The summed E-state index contributed by atoms with van der Waals surface area (Å²) in [6.07, 6.45) is 0. The SMILES string of the molecule is COC(=O)C(C)(NC(=O)c1ccccc1)P(=O)(OC)OC. The second-order valence-corrected chi connectivity index (χ2v) is 6.87. The molecule has 7 nitrogen and oxygen atoms in total. The van der Waals surface area contributed by atoms with Gasteiger partial charge in [-0.15, -0.1) is 0 Å². The summed E-state index contributed by atoms with van der Waals surface area (Å²) < 4.78 is 26.9. The maximum Gasteiger partial charge on any atom is 0.366 e. The van der Waals surface area contributed by atoms with Crippen LogP contribution in [0.2, 0.25) is 0 Å². The van der Waals surface area contributed by atoms with E-state index >= 15 is 0 Å². The number of benzene rings is 1. The van der Waals surface area contributed by atoms with Gasteiger partial charge in [-0.25, -0.2) is 4.79 Å². The minimum Gasteiger partial charge on any atom is -0.467 e. The highest BCUT2D eigenvalue weighted by atomic mass is 31.2. The first-order chi connectivity index (χ1) is 9.84. The molecule has 0 saturated heterocycles. The largest absolute Gasteiger partial charge is 0.467 e. The van der Waals surface area contributed by atoms with E-state index in [2.05, 4.69) is 10.1 Å². The Hall–Kier alpha value is -1.69. The monoisotopic (exact) mass is 315 g/mol. The highest BCUT2D eigenvalue weighted by Gasteiger charge is 2.55. The van der Waals surface area contributed by atoms with Crippen LogP contribution >= 0.6 is 7.60 Å². The molecule has 0 aliphatic rings. The molecule has 1 aromatic carbocycles. The molecule has 1 amide bonds. The topological polar surface area (TPSA) is 90.9 Å². The zero-order chi connectivity index (χ0) is 16.1. The van der Waals surface area contributed by atoms with Crippen LogP contribution in [0.3, 0.4) is 0 Å². The van der Waals surface area contributed by atoms with E-state index in [1.54, 1.807) is 30.3 Å². The minimum atomic E-state index is -3.96. The molecule has 0 spiro atoms. The molecule has 0 aliphatic carbocycles. The Morgan fingerprint density at radius 3 is 2.05 bits per heavy atom. The molecule has 0 aromatic heterocycles. The molecular weight excluding hydrogens is 297 g/mol. The van der Waals surface area contributed by atoms with Gasteiger partial charge in [0.15, 0.2) is 0 Å². The molecule has 21 heavy (non-hydrogen) atoms. The summed E-state index contributed by atoms with van der Waals surface area (Å²) in [4.78, 5) is 24.2. The smallest absolute Gasteiger partial charge is 0.366 e. The molecule has 1 unspecified atom stereocenters. The normalized spacial score (nSPS) is 14.1. The number of methoxy groups -OCH3 is 1. The van der Waals surface area contributed by atoms with Gasteiger partial charge in [0, 0.05) is 19.8 Å². The van der Waals surface area contributed by atoms with E-state index in [4.69, 9.17) is 9.05 Å². The van der Waals surface area contributed by atoms with Gasteiger partial charge in [-0.2, -0.15) is 0 Å². The standard InChI is InChI=1S/C13H18NO6P/c1-13(12(16)18-2,21(17,19-3)20-4)14-11(15)10-8-6-5-7-9-10/h5-9H,1-4H3,(H,14,15). The Kier molecular flexibility index (Phi) is 5.66. The van der Waals surface area contributed by atoms with E-state index in [0.717, 1.165) is 21.3 Å². The molecular formula is C13H18NO6P. The highest BCUT2D eigenvalue weighted by molar-refractivity contribution is 7.56. The Balaban J connectivity index is 3.19. The summed E-state index contributed by atoms with van der Waals surface area (Å²) in [5.74, 6) is -1.53. The molecule has 0 aliphatic heterocycles. The molecule has 0 heterocycles. The molecule has 1 aromatic rings. The van der Waals surface area contributed by atoms with Crippen LogP contribution in [0.25, 0.3) is 0 Å². The summed E-state index contributed by atoms with van der Waals surface area (Å²) in [6, 6.07) is 8.17. The molecule has 1 N–H and O–H groups in total. The summed E-state index contributed by atoms with van der Waals surface area (Å²) in [5.41, 5.74) is 0.298. The molecule has 0 bridgehead atoms. The fraction of sp³-hybridized carbons (Fsp3) is 0.385. The average molecular weight is 315 g/mol. The third-order valence-corrected chi connectivity index (χ3v) is 5.36. The fourth-order valence-corrected chi connectivity index (χ4v) is 3.19. The van der Waals surface area contributed by atoms with Crippen molar-refractivity contribution in [2.75, 3.05) is 21.3 Å². The van der Waals surface area contributed by atoms with Crippen LogP contribution in [0.5, 0.6) is 0 Å². The predicted molar refractivity (Wildman–Crippen MR) is 76.0 cm³/mol. The van der Waals surface area contributed by atoms with Crippen molar-refractivity contribution in [1.29, 1.82) is 0 Å². The van der Waals surface area contributed by atoms with Crippen LogP contribution in [-0.2, 0) is 23.1 Å². The van der Waals surface area contributed by atoms with Crippen molar-refractivity contribution in [2.45, 2.75) is 12.2 Å². The minimum absolute atomic E-state index is 0.298. The van der Waals surface area contributed by atoms with Crippen LogP contribution in [0.4, 0.5) is 0 Å².